The van der Waals surface area contributed by atoms with Gasteiger partial charge in [0.15, 0.2) is 0 Å². The van der Waals surface area contributed by atoms with Gasteiger partial charge in [-0.15, -0.1) is 0 Å². The third-order valence-corrected chi connectivity index (χ3v) is 3.74. The van der Waals surface area contributed by atoms with Gasteiger partial charge in [-0.25, -0.2) is 0 Å². The molecule has 0 atom stereocenters. The van der Waals surface area contributed by atoms with E-state index in [1.807, 2.05) is 4.90 Å². The lowest BCUT2D eigenvalue weighted by Crippen LogP contribution is -2.36. The van der Waals surface area contributed by atoms with E-state index >= 15 is 0 Å². The molecule has 1 aliphatic carbocycles. The minimum atomic E-state index is 0.308. The molecule has 0 spiro atoms. The molecule has 0 radical (unpaired) electrons. The van der Waals surface area contributed by atoms with Gasteiger partial charge in [0.2, 0.25) is 5.91 Å². The van der Waals surface area contributed by atoms with Crippen molar-refractivity contribution >= 4 is 5.91 Å². The normalized spacial score (nSPS) is 17.1. The molecule has 3 nitrogen and oxygen atoms in total. The van der Waals surface area contributed by atoms with Crippen molar-refractivity contribution in [3.8, 4) is 0 Å². The minimum Gasteiger partial charge on any atom is -0.341 e. The summed E-state index contributed by atoms with van der Waals surface area (Å²) in [5, 5.41) is 0. The molecule has 1 fully saturated rings. The zero-order chi connectivity index (χ0) is 12.5. The largest absolute Gasteiger partial charge is 0.341 e. The molecule has 0 aromatic carbocycles. The molecule has 0 heterocycles. The molecule has 100 valence electrons. The second kappa shape index (κ2) is 8.51. The lowest BCUT2D eigenvalue weighted by Gasteiger charge is -2.24. The van der Waals surface area contributed by atoms with E-state index in [4.69, 9.17) is 5.73 Å². The average Bonchev–Trinajstić information content (AvgIpc) is 2.37. The van der Waals surface area contributed by atoms with E-state index in [0.717, 1.165) is 38.3 Å². The molecule has 1 rings (SSSR count). The fourth-order valence-electron chi connectivity index (χ4n) is 2.75. The molecule has 3 heteroatoms. The maximum Gasteiger partial charge on any atom is 0.222 e. The van der Waals surface area contributed by atoms with Crippen LogP contribution in [0.4, 0.5) is 0 Å². The first-order chi connectivity index (χ1) is 8.27. The number of rotatable bonds is 7. The molecule has 17 heavy (non-hydrogen) atoms. The summed E-state index contributed by atoms with van der Waals surface area (Å²) in [6.07, 6.45) is 9.61. The van der Waals surface area contributed by atoms with Crippen molar-refractivity contribution in [2.45, 2.75) is 58.3 Å². The summed E-state index contributed by atoms with van der Waals surface area (Å²) in [5.41, 5.74) is 5.54. The molecule has 0 aromatic rings. The van der Waals surface area contributed by atoms with Crippen LogP contribution in [0.15, 0.2) is 0 Å². The fraction of sp³-hybridized carbons (Fsp3) is 0.929. The highest BCUT2D eigenvalue weighted by Gasteiger charge is 2.17. The first-order valence-corrected chi connectivity index (χ1v) is 7.25. The molecule has 0 aromatic heterocycles. The number of carbonyl (C=O) groups excluding carboxylic acids is 1. The van der Waals surface area contributed by atoms with Crippen LogP contribution in [0, 0.1) is 5.92 Å². The van der Waals surface area contributed by atoms with E-state index in [-0.39, 0.29) is 0 Å². The summed E-state index contributed by atoms with van der Waals surface area (Å²) in [6.45, 7) is 4.27. The number of amides is 1. The van der Waals surface area contributed by atoms with E-state index in [9.17, 15) is 4.79 Å². The van der Waals surface area contributed by atoms with Crippen molar-refractivity contribution in [2.75, 3.05) is 19.6 Å². The first kappa shape index (κ1) is 14.5. The Kier molecular flexibility index (Phi) is 7.25. The maximum atomic E-state index is 12.0. The summed E-state index contributed by atoms with van der Waals surface area (Å²) in [7, 11) is 0. The third kappa shape index (κ3) is 5.53. The van der Waals surface area contributed by atoms with Crippen molar-refractivity contribution in [2.24, 2.45) is 11.7 Å². The van der Waals surface area contributed by atoms with Crippen LogP contribution >= 0.6 is 0 Å². The zero-order valence-electron chi connectivity index (χ0n) is 11.3. The van der Waals surface area contributed by atoms with E-state index in [1.165, 1.54) is 32.1 Å². The van der Waals surface area contributed by atoms with Gasteiger partial charge in [0.1, 0.15) is 0 Å². The van der Waals surface area contributed by atoms with E-state index < -0.39 is 0 Å². The second-order valence-electron chi connectivity index (χ2n) is 5.21. The summed E-state index contributed by atoms with van der Waals surface area (Å²) < 4.78 is 0. The highest BCUT2D eigenvalue weighted by molar-refractivity contribution is 5.76. The number of nitrogens with two attached hydrogens (primary N) is 1. The Bertz CT molecular complexity index is 206. The second-order valence-corrected chi connectivity index (χ2v) is 5.21. The van der Waals surface area contributed by atoms with Crippen molar-refractivity contribution < 1.29 is 4.79 Å². The van der Waals surface area contributed by atoms with E-state index in [1.54, 1.807) is 0 Å². The van der Waals surface area contributed by atoms with Gasteiger partial charge in [-0.2, -0.15) is 0 Å². The molecule has 0 bridgehead atoms. The van der Waals surface area contributed by atoms with Crippen LogP contribution in [0.5, 0.6) is 0 Å². The van der Waals surface area contributed by atoms with Crippen LogP contribution in [0.25, 0.3) is 0 Å². The van der Waals surface area contributed by atoms with Gasteiger partial charge < -0.3 is 10.6 Å². The van der Waals surface area contributed by atoms with Gasteiger partial charge in [0.05, 0.1) is 0 Å². The van der Waals surface area contributed by atoms with Crippen LogP contribution in [0.1, 0.15) is 58.3 Å². The van der Waals surface area contributed by atoms with Crippen molar-refractivity contribution in [1.82, 2.24) is 4.90 Å². The smallest absolute Gasteiger partial charge is 0.222 e. The van der Waals surface area contributed by atoms with Gasteiger partial charge in [-0.3, -0.25) is 4.79 Å². The minimum absolute atomic E-state index is 0.308. The quantitative estimate of drug-likeness (QED) is 0.743. The first-order valence-electron chi connectivity index (χ1n) is 7.25. The molecule has 0 aliphatic heterocycles. The highest BCUT2D eigenvalue weighted by atomic mass is 16.2. The SMILES string of the molecule is CCCN(CCN)C(=O)CCC1CCCCC1. The Labute approximate surface area is 106 Å². The summed E-state index contributed by atoms with van der Waals surface area (Å²) in [4.78, 5) is 14.0. The summed E-state index contributed by atoms with van der Waals surface area (Å²) >= 11 is 0. The monoisotopic (exact) mass is 240 g/mol. The Morgan fingerprint density at radius 3 is 2.53 bits per heavy atom. The molecule has 1 saturated carbocycles. The van der Waals surface area contributed by atoms with Crippen LogP contribution in [0.2, 0.25) is 0 Å². The van der Waals surface area contributed by atoms with Gasteiger partial charge in [0, 0.05) is 26.1 Å². The number of carbonyl (C=O) groups is 1. The van der Waals surface area contributed by atoms with Crippen LogP contribution in [0.3, 0.4) is 0 Å². The molecular weight excluding hydrogens is 212 g/mol. The van der Waals surface area contributed by atoms with Crippen LogP contribution in [-0.4, -0.2) is 30.4 Å². The third-order valence-electron chi connectivity index (χ3n) is 3.74. The predicted molar refractivity (Wildman–Crippen MR) is 71.7 cm³/mol. The molecule has 2 N–H and O–H groups in total. The molecule has 1 aliphatic rings. The summed E-state index contributed by atoms with van der Waals surface area (Å²) in [5.74, 6) is 1.11. The van der Waals surface area contributed by atoms with E-state index in [0.29, 0.717) is 12.5 Å². The van der Waals surface area contributed by atoms with Crippen molar-refractivity contribution in [3.63, 3.8) is 0 Å². The molecule has 1 amide bonds. The molecule has 0 unspecified atom stereocenters. The van der Waals surface area contributed by atoms with E-state index in [2.05, 4.69) is 6.92 Å². The number of hydrogen-bond donors (Lipinski definition) is 1. The Hall–Kier alpha value is -0.570. The van der Waals surface area contributed by atoms with Crippen LogP contribution < -0.4 is 5.73 Å². The molecular formula is C14H28N2O. The van der Waals surface area contributed by atoms with Gasteiger partial charge in [-0.05, 0) is 18.8 Å². The number of hydrogen-bond acceptors (Lipinski definition) is 2. The van der Waals surface area contributed by atoms with Crippen LogP contribution in [-0.2, 0) is 4.79 Å². The van der Waals surface area contributed by atoms with Gasteiger partial charge >= 0.3 is 0 Å². The molecule has 0 saturated heterocycles. The van der Waals surface area contributed by atoms with Gasteiger partial charge in [-0.1, -0.05) is 39.0 Å². The highest BCUT2D eigenvalue weighted by Crippen LogP contribution is 2.27. The Balaban J connectivity index is 2.25. The standard InChI is InChI=1S/C14H28N2O/c1-2-11-16(12-10-15)14(17)9-8-13-6-4-3-5-7-13/h13H,2-12,15H2,1H3. The van der Waals surface area contributed by atoms with Crippen molar-refractivity contribution in [1.29, 1.82) is 0 Å². The maximum absolute atomic E-state index is 12.0. The van der Waals surface area contributed by atoms with Crippen molar-refractivity contribution in [3.05, 3.63) is 0 Å². The number of nitrogens with zero attached hydrogens (tertiary/aromatic N) is 1. The zero-order valence-corrected chi connectivity index (χ0v) is 11.3. The topological polar surface area (TPSA) is 46.3 Å². The fourth-order valence-corrected chi connectivity index (χ4v) is 2.75. The lowest BCUT2D eigenvalue weighted by molar-refractivity contribution is -0.131. The lowest BCUT2D eigenvalue weighted by atomic mass is 9.86. The summed E-state index contributed by atoms with van der Waals surface area (Å²) in [6, 6.07) is 0. The average molecular weight is 240 g/mol. The Morgan fingerprint density at radius 1 is 1.24 bits per heavy atom. The Morgan fingerprint density at radius 2 is 1.94 bits per heavy atom. The van der Waals surface area contributed by atoms with Gasteiger partial charge in [0.25, 0.3) is 0 Å². The predicted octanol–water partition coefficient (Wildman–Crippen LogP) is 2.54.